The Kier molecular flexibility index (Phi) is 4.05. The number of nitrogens with zero attached hydrogens (tertiary/aromatic N) is 2. The quantitative estimate of drug-likeness (QED) is 0.860. The van der Waals surface area contributed by atoms with Gasteiger partial charge in [0.1, 0.15) is 5.82 Å². The minimum absolute atomic E-state index is 0.229. The van der Waals surface area contributed by atoms with Crippen molar-refractivity contribution in [1.82, 2.24) is 9.29 Å². The van der Waals surface area contributed by atoms with Gasteiger partial charge < -0.3 is 0 Å². The van der Waals surface area contributed by atoms with E-state index in [1.165, 1.54) is 34.0 Å². The molecule has 118 valence electrons. The van der Waals surface area contributed by atoms with Gasteiger partial charge in [-0.25, -0.2) is 17.8 Å². The van der Waals surface area contributed by atoms with Crippen molar-refractivity contribution in [2.75, 3.05) is 6.54 Å². The zero-order valence-corrected chi connectivity index (χ0v) is 14.0. The van der Waals surface area contributed by atoms with Crippen LogP contribution in [0, 0.1) is 19.7 Å². The van der Waals surface area contributed by atoms with E-state index in [2.05, 4.69) is 4.98 Å². The predicted octanol–water partition coefficient (Wildman–Crippen LogP) is 3.42. The van der Waals surface area contributed by atoms with E-state index in [0.29, 0.717) is 6.54 Å². The second kappa shape index (κ2) is 5.72. The highest BCUT2D eigenvalue weighted by Crippen LogP contribution is 2.38. The highest BCUT2D eigenvalue weighted by Gasteiger charge is 2.37. The van der Waals surface area contributed by atoms with Crippen molar-refractivity contribution < 1.29 is 12.8 Å². The summed E-state index contributed by atoms with van der Waals surface area (Å²) in [6.45, 7) is 4.09. The molecule has 3 rings (SSSR count). The first kappa shape index (κ1) is 15.6. The summed E-state index contributed by atoms with van der Waals surface area (Å²) in [4.78, 5) is 4.04. The molecular formula is C15H17FN2O2S2. The van der Waals surface area contributed by atoms with Gasteiger partial charge in [0.15, 0.2) is 4.21 Å². The van der Waals surface area contributed by atoms with Gasteiger partial charge in [0.05, 0.1) is 17.2 Å². The van der Waals surface area contributed by atoms with E-state index in [0.717, 1.165) is 29.0 Å². The molecule has 0 spiro atoms. The highest BCUT2D eigenvalue weighted by molar-refractivity contribution is 7.91. The van der Waals surface area contributed by atoms with Crippen molar-refractivity contribution in [3.8, 4) is 0 Å². The molecule has 1 atom stereocenters. The lowest BCUT2D eigenvalue weighted by molar-refractivity contribution is 0.396. The van der Waals surface area contributed by atoms with Gasteiger partial charge in [-0.15, -0.1) is 11.3 Å². The second-order valence-corrected chi connectivity index (χ2v) is 8.83. The van der Waals surface area contributed by atoms with E-state index in [1.54, 1.807) is 13.0 Å². The predicted molar refractivity (Wildman–Crippen MR) is 83.9 cm³/mol. The molecule has 1 aromatic heterocycles. The van der Waals surface area contributed by atoms with Crippen LogP contribution >= 0.6 is 11.3 Å². The Morgan fingerprint density at radius 3 is 2.77 bits per heavy atom. The van der Waals surface area contributed by atoms with Crippen molar-refractivity contribution in [1.29, 1.82) is 0 Å². The summed E-state index contributed by atoms with van der Waals surface area (Å²) in [6, 6.07) is 4.31. The molecule has 0 saturated carbocycles. The maximum Gasteiger partial charge on any atom is 0.254 e. The number of thiazole rings is 1. The van der Waals surface area contributed by atoms with Crippen LogP contribution < -0.4 is 0 Å². The molecule has 2 aromatic rings. The van der Waals surface area contributed by atoms with Gasteiger partial charge in [-0.05, 0) is 49.9 Å². The lowest BCUT2D eigenvalue weighted by Crippen LogP contribution is -2.30. The Balaban J connectivity index is 2.00. The maximum absolute atomic E-state index is 13.3. The third-order valence-corrected chi connectivity index (χ3v) is 7.22. The Morgan fingerprint density at radius 2 is 2.14 bits per heavy atom. The SMILES string of the molecule is Cc1ncc(S(=O)(=O)N2CCCC2c2ccc(F)cc2C)s1. The van der Waals surface area contributed by atoms with Gasteiger partial charge in [-0.2, -0.15) is 4.31 Å². The molecule has 0 radical (unpaired) electrons. The first-order valence-corrected chi connectivity index (χ1v) is 9.35. The summed E-state index contributed by atoms with van der Waals surface area (Å²) >= 11 is 1.18. The smallest absolute Gasteiger partial charge is 0.249 e. The van der Waals surface area contributed by atoms with Gasteiger partial charge in [0, 0.05) is 6.54 Å². The van der Waals surface area contributed by atoms with Crippen LogP contribution in [0.1, 0.15) is 35.0 Å². The third-order valence-electron chi connectivity index (χ3n) is 3.96. The van der Waals surface area contributed by atoms with Crippen molar-refractivity contribution in [3.05, 3.63) is 46.3 Å². The molecule has 2 heterocycles. The number of hydrogen-bond acceptors (Lipinski definition) is 4. The maximum atomic E-state index is 13.3. The van der Waals surface area contributed by atoms with E-state index in [1.807, 2.05) is 6.92 Å². The number of halogens is 1. The first-order valence-electron chi connectivity index (χ1n) is 7.10. The van der Waals surface area contributed by atoms with Crippen LogP contribution in [-0.2, 0) is 10.0 Å². The van der Waals surface area contributed by atoms with E-state index in [9.17, 15) is 12.8 Å². The van der Waals surface area contributed by atoms with Gasteiger partial charge in [0.25, 0.3) is 10.0 Å². The third kappa shape index (κ3) is 2.68. The molecule has 1 aliphatic heterocycles. The fourth-order valence-electron chi connectivity index (χ4n) is 2.93. The number of rotatable bonds is 3. The number of sulfonamides is 1. The Morgan fingerprint density at radius 1 is 1.36 bits per heavy atom. The molecular weight excluding hydrogens is 323 g/mol. The molecule has 1 unspecified atom stereocenters. The molecule has 7 heteroatoms. The zero-order valence-electron chi connectivity index (χ0n) is 12.4. The molecule has 1 aliphatic rings. The lowest BCUT2D eigenvalue weighted by atomic mass is 10.00. The van der Waals surface area contributed by atoms with Gasteiger partial charge in [0.2, 0.25) is 0 Å². The number of hydrogen-bond donors (Lipinski definition) is 0. The Bertz CT molecular complexity index is 802. The normalized spacial score (nSPS) is 19.7. The molecule has 4 nitrogen and oxygen atoms in total. The fourth-order valence-corrected chi connectivity index (χ4v) is 5.84. The van der Waals surface area contributed by atoms with Crippen molar-refractivity contribution >= 4 is 21.4 Å². The molecule has 22 heavy (non-hydrogen) atoms. The summed E-state index contributed by atoms with van der Waals surface area (Å²) < 4.78 is 40.8. The molecule has 0 amide bonds. The fraction of sp³-hybridized carbons (Fsp3) is 0.400. The van der Waals surface area contributed by atoms with E-state index < -0.39 is 10.0 Å². The monoisotopic (exact) mass is 340 g/mol. The standard InChI is InChI=1S/C15H17FN2O2S2/c1-10-8-12(16)5-6-13(10)14-4-3-7-18(14)22(19,20)15-9-17-11(2)21-15/h5-6,8-9,14H,3-4,7H2,1-2H3. The summed E-state index contributed by atoms with van der Waals surface area (Å²) in [5.41, 5.74) is 1.66. The van der Waals surface area contributed by atoms with Crippen molar-refractivity contribution in [3.63, 3.8) is 0 Å². The molecule has 0 N–H and O–H groups in total. The Labute approximate surface area is 133 Å². The highest BCUT2D eigenvalue weighted by atomic mass is 32.2. The van der Waals surface area contributed by atoms with E-state index in [-0.39, 0.29) is 16.1 Å². The summed E-state index contributed by atoms with van der Waals surface area (Å²) in [5, 5.41) is 0.729. The van der Waals surface area contributed by atoms with Gasteiger partial charge >= 0.3 is 0 Å². The molecule has 0 bridgehead atoms. The largest absolute Gasteiger partial charge is 0.254 e. The van der Waals surface area contributed by atoms with Gasteiger partial charge in [-0.3, -0.25) is 0 Å². The van der Waals surface area contributed by atoms with Gasteiger partial charge in [-0.1, -0.05) is 6.07 Å². The second-order valence-electron chi connectivity index (χ2n) is 5.47. The van der Waals surface area contributed by atoms with Crippen LogP contribution in [0.4, 0.5) is 4.39 Å². The van der Waals surface area contributed by atoms with Crippen LogP contribution in [0.25, 0.3) is 0 Å². The summed E-state index contributed by atoms with van der Waals surface area (Å²) in [5.74, 6) is -0.299. The number of aromatic nitrogens is 1. The van der Waals surface area contributed by atoms with Crippen molar-refractivity contribution in [2.24, 2.45) is 0 Å². The minimum atomic E-state index is -3.55. The summed E-state index contributed by atoms with van der Waals surface area (Å²) in [7, 11) is -3.55. The topological polar surface area (TPSA) is 50.3 Å². The van der Waals surface area contributed by atoms with E-state index in [4.69, 9.17) is 0 Å². The minimum Gasteiger partial charge on any atom is -0.249 e. The number of benzene rings is 1. The Hall–Kier alpha value is -1.31. The molecule has 1 saturated heterocycles. The molecule has 1 fully saturated rings. The zero-order chi connectivity index (χ0) is 15.9. The average Bonchev–Trinajstić information content (AvgIpc) is 3.08. The van der Waals surface area contributed by atoms with Crippen LogP contribution in [0.2, 0.25) is 0 Å². The van der Waals surface area contributed by atoms with E-state index >= 15 is 0 Å². The van der Waals surface area contributed by atoms with Crippen LogP contribution in [0.15, 0.2) is 28.6 Å². The number of aryl methyl sites for hydroxylation is 2. The molecule has 0 aliphatic carbocycles. The average molecular weight is 340 g/mol. The lowest BCUT2D eigenvalue weighted by Gasteiger charge is -2.24. The van der Waals surface area contributed by atoms with Crippen molar-refractivity contribution in [2.45, 2.75) is 36.9 Å². The van der Waals surface area contributed by atoms with Crippen LogP contribution in [-0.4, -0.2) is 24.3 Å². The molecule has 1 aromatic carbocycles. The summed E-state index contributed by atoms with van der Waals surface area (Å²) in [6.07, 6.45) is 2.98. The van der Waals surface area contributed by atoms with Crippen LogP contribution in [0.5, 0.6) is 0 Å². The van der Waals surface area contributed by atoms with Crippen LogP contribution in [0.3, 0.4) is 0 Å². The first-order chi connectivity index (χ1) is 10.4.